The van der Waals surface area contributed by atoms with E-state index in [1.807, 2.05) is 6.07 Å². The van der Waals surface area contributed by atoms with Crippen LogP contribution in [-0.4, -0.2) is 34.7 Å². The van der Waals surface area contributed by atoms with Gasteiger partial charge in [-0.15, -0.1) is 0 Å². The van der Waals surface area contributed by atoms with Gasteiger partial charge < -0.3 is 10.5 Å². The van der Waals surface area contributed by atoms with Crippen LogP contribution in [-0.2, 0) is 27.6 Å². The first kappa shape index (κ1) is 15.4. The van der Waals surface area contributed by atoms with Crippen LogP contribution in [0, 0.1) is 0 Å². The van der Waals surface area contributed by atoms with E-state index < -0.39 is 10.0 Å². The first-order chi connectivity index (χ1) is 9.63. The molecule has 0 radical (unpaired) electrons. The van der Waals surface area contributed by atoms with Crippen LogP contribution in [0.4, 0.5) is 0 Å². The number of nitrogens with two attached hydrogens (primary N) is 1. The largest absolute Gasteiger partial charge is 0.380 e. The molecule has 3 N–H and O–H groups in total. The second kappa shape index (κ2) is 7.17. The van der Waals surface area contributed by atoms with Crippen molar-refractivity contribution >= 4 is 10.0 Å². The molecule has 0 spiro atoms. The molecule has 112 valence electrons. The quantitative estimate of drug-likeness (QED) is 0.696. The average Bonchev–Trinajstić information content (AvgIpc) is 2.90. The molecule has 0 fully saturated rings. The molecule has 0 bridgehead atoms. The fourth-order valence-electron chi connectivity index (χ4n) is 2.36. The average molecular weight is 298 g/mol. The summed E-state index contributed by atoms with van der Waals surface area (Å²) >= 11 is 0. The van der Waals surface area contributed by atoms with E-state index in [1.54, 1.807) is 12.1 Å². The van der Waals surface area contributed by atoms with E-state index in [1.165, 1.54) is 11.1 Å². The molecule has 1 aromatic carbocycles. The minimum Gasteiger partial charge on any atom is -0.380 e. The molecule has 1 aliphatic rings. The normalized spacial score (nSPS) is 14.4. The van der Waals surface area contributed by atoms with Gasteiger partial charge in [-0.2, -0.15) is 0 Å². The van der Waals surface area contributed by atoms with E-state index in [2.05, 4.69) is 4.72 Å². The van der Waals surface area contributed by atoms with E-state index in [4.69, 9.17) is 10.5 Å². The van der Waals surface area contributed by atoms with E-state index in [-0.39, 0.29) is 0 Å². The second-order valence-corrected chi connectivity index (χ2v) is 6.70. The molecule has 2 rings (SSSR count). The summed E-state index contributed by atoms with van der Waals surface area (Å²) in [5, 5.41) is 0. The Morgan fingerprint density at radius 1 is 1.20 bits per heavy atom. The van der Waals surface area contributed by atoms with E-state index in [0.717, 1.165) is 19.3 Å². The maximum absolute atomic E-state index is 12.1. The molecular formula is C14H22N2O3S. The zero-order valence-electron chi connectivity index (χ0n) is 11.6. The SMILES string of the molecule is NCCOCCCNS(=O)(=O)c1ccc2c(c1)CCC2. The Balaban J connectivity index is 1.87. The predicted molar refractivity (Wildman–Crippen MR) is 78.1 cm³/mol. The van der Waals surface area contributed by atoms with Crippen molar-refractivity contribution in [2.24, 2.45) is 5.73 Å². The van der Waals surface area contributed by atoms with Crippen molar-refractivity contribution in [3.05, 3.63) is 29.3 Å². The van der Waals surface area contributed by atoms with Crippen LogP contribution < -0.4 is 10.5 Å². The smallest absolute Gasteiger partial charge is 0.240 e. The molecule has 0 aliphatic heterocycles. The van der Waals surface area contributed by atoms with Crippen LogP contribution in [0.3, 0.4) is 0 Å². The van der Waals surface area contributed by atoms with Crippen molar-refractivity contribution in [2.45, 2.75) is 30.6 Å². The van der Waals surface area contributed by atoms with Crippen molar-refractivity contribution in [3.63, 3.8) is 0 Å². The summed E-state index contributed by atoms with van der Waals surface area (Å²) in [6.45, 7) is 1.90. The van der Waals surface area contributed by atoms with Gasteiger partial charge in [-0.25, -0.2) is 13.1 Å². The summed E-state index contributed by atoms with van der Waals surface area (Å²) in [6, 6.07) is 5.42. The monoisotopic (exact) mass is 298 g/mol. The maximum atomic E-state index is 12.1. The van der Waals surface area contributed by atoms with Crippen molar-refractivity contribution < 1.29 is 13.2 Å². The molecule has 0 unspecified atom stereocenters. The molecule has 1 aliphatic carbocycles. The van der Waals surface area contributed by atoms with Gasteiger partial charge in [-0.1, -0.05) is 6.07 Å². The minimum atomic E-state index is -3.40. The Morgan fingerprint density at radius 3 is 2.80 bits per heavy atom. The summed E-state index contributed by atoms with van der Waals surface area (Å²) in [5.41, 5.74) is 7.74. The standard InChI is InChI=1S/C14H22N2O3S/c15-7-10-19-9-2-8-16-20(17,18)14-6-5-12-3-1-4-13(12)11-14/h5-6,11,16H,1-4,7-10,15H2. The second-order valence-electron chi connectivity index (χ2n) is 4.94. The van der Waals surface area contributed by atoms with E-state index >= 15 is 0 Å². The first-order valence-corrected chi connectivity index (χ1v) is 8.51. The van der Waals surface area contributed by atoms with Crippen LogP contribution in [0.25, 0.3) is 0 Å². The lowest BCUT2D eigenvalue weighted by Crippen LogP contribution is -2.26. The van der Waals surface area contributed by atoms with Crippen molar-refractivity contribution in [2.75, 3.05) is 26.3 Å². The predicted octanol–water partition coefficient (Wildman–Crippen LogP) is 0.819. The number of hydrogen-bond acceptors (Lipinski definition) is 4. The first-order valence-electron chi connectivity index (χ1n) is 7.03. The Morgan fingerprint density at radius 2 is 2.00 bits per heavy atom. The third kappa shape index (κ3) is 4.02. The number of fused-ring (bicyclic) bond motifs is 1. The number of sulfonamides is 1. The van der Waals surface area contributed by atoms with Gasteiger partial charge in [-0.3, -0.25) is 0 Å². The third-order valence-electron chi connectivity index (χ3n) is 3.40. The van der Waals surface area contributed by atoms with Gasteiger partial charge in [0.05, 0.1) is 11.5 Å². The van der Waals surface area contributed by atoms with E-state index in [9.17, 15) is 8.42 Å². The lowest BCUT2D eigenvalue weighted by molar-refractivity contribution is 0.140. The minimum absolute atomic E-state index is 0.362. The molecule has 0 amide bonds. The van der Waals surface area contributed by atoms with Crippen LogP contribution >= 0.6 is 0 Å². The Hall–Kier alpha value is -0.950. The molecule has 20 heavy (non-hydrogen) atoms. The van der Waals surface area contributed by atoms with Gasteiger partial charge >= 0.3 is 0 Å². The third-order valence-corrected chi connectivity index (χ3v) is 4.86. The molecule has 0 heterocycles. The zero-order chi connectivity index (χ0) is 14.4. The number of aryl methyl sites for hydroxylation is 2. The highest BCUT2D eigenvalue weighted by Crippen LogP contribution is 2.24. The fraction of sp³-hybridized carbons (Fsp3) is 0.571. The Kier molecular flexibility index (Phi) is 5.54. The maximum Gasteiger partial charge on any atom is 0.240 e. The Labute approximate surface area is 120 Å². The summed E-state index contributed by atoms with van der Waals surface area (Å²) < 4.78 is 32.1. The van der Waals surface area contributed by atoms with Gasteiger partial charge in [0.1, 0.15) is 0 Å². The summed E-state index contributed by atoms with van der Waals surface area (Å²) in [4.78, 5) is 0.362. The fourth-order valence-corrected chi connectivity index (χ4v) is 3.49. The zero-order valence-corrected chi connectivity index (χ0v) is 12.4. The lowest BCUT2D eigenvalue weighted by Gasteiger charge is -2.08. The Bertz CT molecular complexity index is 543. The van der Waals surface area contributed by atoms with Crippen molar-refractivity contribution in [3.8, 4) is 0 Å². The number of nitrogens with one attached hydrogen (secondary N) is 1. The molecular weight excluding hydrogens is 276 g/mol. The summed E-state index contributed by atoms with van der Waals surface area (Å²) in [6.07, 6.45) is 3.79. The molecule has 5 nitrogen and oxygen atoms in total. The molecule has 0 saturated carbocycles. The number of benzene rings is 1. The molecule has 1 aromatic rings. The highest BCUT2D eigenvalue weighted by molar-refractivity contribution is 7.89. The van der Waals surface area contributed by atoms with Crippen molar-refractivity contribution in [1.29, 1.82) is 0 Å². The number of rotatable bonds is 8. The van der Waals surface area contributed by atoms with Crippen LogP contribution in [0.2, 0.25) is 0 Å². The van der Waals surface area contributed by atoms with Gasteiger partial charge in [-0.05, 0) is 48.9 Å². The highest BCUT2D eigenvalue weighted by Gasteiger charge is 2.17. The molecule has 0 atom stereocenters. The summed E-state index contributed by atoms with van der Waals surface area (Å²) in [7, 11) is -3.40. The van der Waals surface area contributed by atoms with Gasteiger partial charge in [0.2, 0.25) is 10.0 Å². The van der Waals surface area contributed by atoms with Gasteiger partial charge in [0.15, 0.2) is 0 Å². The highest BCUT2D eigenvalue weighted by atomic mass is 32.2. The molecule has 0 saturated heterocycles. The van der Waals surface area contributed by atoms with Gasteiger partial charge in [0.25, 0.3) is 0 Å². The number of hydrogen-bond donors (Lipinski definition) is 2. The van der Waals surface area contributed by atoms with Crippen LogP contribution in [0.1, 0.15) is 24.0 Å². The van der Waals surface area contributed by atoms with Crippen molar-refractivity contribution in [1.82, 2.24) is 4.72 Å². The van der Waals surface area contributed by atoms with E-state index in [0.29, 0.717) is 37.6 Å². The number of ether oxygens (including phenoxy) is 1. The van der Waals surface area contributed by atoms with Crippen LogP contribution in [0.15, 0.2) is 23.1 Å². The van der Waals surface area contributed by atoms with Gasteiger partial charge in [0, 0.05) is 19.7 Å². The molecule has 6 heteroatoms. The molecule has 0 aromatic heterocycles. The summed E-state index contributed by atoms with van der Waals surface area (Å²) in [5.74, 6) is 0. The lowest BCUT2D eigenvalue weighted by atomic mass is 10.1. The topological polar surface area (TPSA) is 81.4 Å². The van der Waals surface area contributed by atoms with Crippen LogP contribution in [0.5, 0.6) is 0 Å².